The molecular weight excluding hydrogens is 292 g/mol. The van der Waals surface area contributed by atoms with Crippen molar-refractivity contribution in [1.29, 1.82) is 0 Å². The monoisotopic (exact) mass is 310 g/mol. The molecule has 3 aromatic carbocycles. The predicted octanol–water partition coefficient (Wildman–Crippen LogP) is 5.58. The Morgan fingerprint density at radius 3 is 2.08 bits per heavy atom. The molecule has 0 aliphatic carbocycles. The van der Waals surface area contributed by atoms with Crippen molar-refractivity contribution in [2.75, 3.05) is 0 Å². The van der Waals surface area contributed by atoms with E-state index in [4.69, 9.17) is 0 Å². The summed E-state index contributed by atoms with van der Waals surface area (Å²) in [6.07, 6.45) is 1.85. The number of fused-ring (bicyclic) bond motifs is 1. The summed E-state index contributed by atoms with van der Waals surface area (Å²) >= 11 is 0. The fraction of sp³-hybridized carbons (Fsp3) is 0.0909. The fourth-order valence-electron chi connectivity index (χ4n) is 3.19. The Hall–Kier alpha value is -3.00. The normalized spacial score (nSPS) is 10.9. The molecule has 0 bridgehead atoms. The van der Waals surface area contributed by atoms with Gasteiger partial charge in [-0.25, -0.2) is 0 Å². The maximum absolute atomic E-state index is 4.41. The summed E-state index contributed by atoms with van der Waals surface area (Å²) in [5.74, 6) is 0. The molecule has 0 amide bonds. The minimum absolute atomic E-state index is 0.946. The molecule has 2 nitrogen and oxygen atoms in total. The Kier molecular flexibility index (Phi) is 3.58. The van der Waals surface area contributed by atoms with Crippen molar-refractivity contribution in [3.05, 3.63) is 84.1 Å². The summed E-state index contributed by atoms with van der Waals surface area (Å²) in [5, 5.41) is 10.9. The van der Waals surface area contributed by atoms with E-state index in [0.717, 1.165) is 22.0 Å². The molecule has 24 heavy (non-hydrogen) atoms. The van der Waals surface area contributed by atoms with Gasteiger partial charge in [0.15, 0.2) is 0 Å². The van der Waals surface area contributed by atoms with Crippen LogP contribution in [-0.2, 0) is 0 Å². The molecule has 0 spiro atoms. The second-order valence-electron chi connectivity index (χ2n) is 6.13. The molecule has 2 heteroatoms. The molecule has 0 N–H and O–H groups in total. The summed E-state index contributed by atoms with van der Waals surface area (Å²) < 4.78 is 0. The van der Waals surface area contributed by atoms with E-state index in [1.807, 2.05) is 18.3 Å². The summed E-state index contributed by atoms with van der Waals surface area (Å²) in [6, 6.07) is 23.3. The Morgan fingerprint density at radius 1 is 0.708 bits per heavy atom. The van der Waals surface area contributed by atoms with Crippen molar-refractivity contribution >= 4 is 10.8 Å². The van der Waals surface area contributed by atoms with Crippen LogP contribution in [0.15, 0.2) is 72.9 Å². The molecule has 1 aromatic heterocycles. The average Bonchev–Trinajstić information content (AvgIpc) is 2.62. The van der Waals surface area contributed by atoms with Gasteiger partial charge in [0.25, 0.3) is 0 Å². The van der Waals surface area contributed by atoms with Crippen molar-refractivity contribution in [1.82, 2.24) is 10.2 Å². The van der Waals surface area contributed by atoms with Crippen LogP contribution in [0.4, 0.5) is 0 Å². The molecule has 0 saturated heterocycles. The van der Waals surface area contributed by atoms with Gasteiger partial charge >= 0.3 is 0 Å². The summed E-state index contributed by atoms with van der Waals surface area (Å²) in [5.41, 5.74) is 7.04. The van der Waals surface area contributed by atoms with Gasteiger partial charge in [0.05, 0.1) is 6.20 Å². The Bertz CT molecular complexity index is 1030. The summed E-state index contributed by atoms with van der Waals surface area (Å²) in [6.45, 7) is 4.25. The standard InChI is InChI=1S/C22H18N2/c1-15-7-3-5-9-19(15)17-11-12-21-18(13-17)14-23-24-22(21)20-10-6-4-8-16(20)2/h3-14H,1-2H3. The van der Waals surface area contributed by atoms with Crippen LogP contribution in [-0.4, -0.2) is 10.2 Å². The predicted molar refractivity (Wildman–Crippen MR) is 99.9 cm³/mol. The van der Waals surface area contributed by atoms with Gasteiger partial charge in [0.2, 0.25) is 0 Å². The third kappa shape index (κ3) is 2.46. The second kappa shape index (κ2) is 5.89. The zero-order valence-electron chi connectivity index (χ0n) is 13.8. The van der Waals surface area contributed by atoms with Crippen LogP contribution in [0.1, 0.15) is 11.1 Å². The average molecular weight is 310 g/mol. The number of hydrogen-bond acceptors (Lipinski definition) is 2. The molecule has 0 atom stereocenters. The molecule has 116 valence electrons. The lowest BCUT2D eigenvalue weighted by Gasteiger charge is -2.10. The lowest BCUT2D eigenvalue weighted by Crippen LogP contribution is -1.92. The van der Waals surface area contributed by atoms with Crippen molar-refractivity contribution in [3.63, 3.8) is 0 Å². The van der Waals surface area contributed by atoms with Gasteiger partial charge in [0.1, 0.15) is 5.69 Å². The first-order valence-electron chi connectivity index (χ1n) is 8.11. The van der Waals surface area contributed by atoms with Gasteiger partial charge in [-0.3, -0.25) is 0 Å². The highest BCUT2D eigenvalue weighted by Gasteiger charge is 2.10. The number of benzene rings is 3. The zero-order valence-corrected chi connectivity index (χ0v) is 13.8. The molecule has 0 fully saturated rings. The van der Waals surface area contributed by atoms with Crippen LogP contribution in [0.3, 0.4) is 0 Å². The maximum atomic E-state index is 4.41. The van der Waals surface area contributed by atoms with Gasteiger partial charge in [-0.1, -0.05) is 60.7 Å². The molecule has 0 saturated carbocycles. The van der Waals surface area contributed by atoms with Crippen LogP contribution in [0.25, 0.3) is 33.2 Å². The molecule has 0 aliphatic rings. The zero-order chi connectivity index (χ0) is 16.5. The Balaban J connectivity index is 1.92. The third-order valence-electron chi connectivity index (χ3n) is 4.52. The largest absolute Gasteiger partial charge is 0.158 e. The SMILES string of the molecule is Cc1ccccc1-c1ccc2c(-c3ccccc3C)nncc2c1. The van der Waals surface area contributed by atoms with Crippen molar-refractivity contribution < 1.29 is 0 Å². The van der Waals surface area contributed by atoms with E-state index in [-0.39, 0.29) is 0 Å². The molecule has 0 radical (unpaired) electrons. The van der Waals surface area contributed by atoms with Gasteiger partial charge < -0.3 is 0 Å². The van der Waals surface area contributed by atoms with E-state index in [2.05, 4.69) is 78.6 Å². The highest BCUT2D eigenvalue weighted by atomic mass is 15.1. The van der Waals surface area contributed by atoms with E-state index < -0.39 is 0 Å². The van der Waals surface area contributed by atoms with Crippen molar-refractivity contribution in [2.45, 2.75) is 13.8 Å². The summed E-state index contributed by atoms with van der Waals surface area (Å²) in [4.78, 5) is 0. The third-order valence-corrected chi connectivity index (χ3v) is 4.52. The summed E-state index contributed by atoms with van der Waals surface area (Å²) in [7, 11) is 0. The Labute approximate surface area is 141 Å². The number of nitrogens with zero attached hydrogens (tertiary/aromatic N) is 2. The fourth-order valence-corrected chi connectivity index (χ4v) is 3.19. The molecule has 0 unspecified atom stereocenters. The van der Waals surface area contributed by atoms with Crippen LogP contribution in [0.5, 0.6) is 0 Å². The van der Waals surface area contributed by atoms with Gasteiger partial charge in [0, 0.05) is 16.3 Å². The Morgan fingerprint density at radius 2 is 1.38 bits per heavy atom. The molecule has 4 aromatic rings. The second-order valence-corrected chi connectivity index (χ2v) is 6.13. The maximum Gasteiger partial charge on any atom is 0.101 e. The van der Waals surface area contributed by atoms with E-state index in [1.54, 1.807) is 0 Å². The number of hydrogen-bond donors (Lipinski definition) is 0. The van der Waals surface area contributed by atoms with E-state index in [9.17, 15) is 0 Å². The number of aromatic nitrogens is 2. The van der Waals surface area contributed by atoms with E-state index in [1.165, 1.54) is 22.3 Å². The molecule has 0 aliphatic heterocycles. The first kappa shape index (κ1) is 14.6. The van der Waals surface area contributed by atoms with Crippen LogP contribution >= 0.6 is 0 Å². The molecule has 1 heterocycles. The minimum atomic E-state index is 0.946. The highest BCUT2D eigenvalue weighted by Crippen LogP contribution is 2.31. The van der Waals surface area contributed by atoms with E-state index in [0.29, 0.717) is 0 Å². The quantitative estimate of drug-likeness (QED) is 0.483. The van der Waals surface area contributed by atoms with Crippen molar-refractivity contribution in [3.8, 4) is 22.4 Å². The van der Waals surface area contributed by atoms with Crippen LogP contribution in [0, 0.1) is 13.8 Å². The van der Waals surface area contributed by atoms with Crippen molar-refractivity contribution in [2.24, 2.45) is 0 Å². The lowest BCUT2D eigenvalue weighted by molar-refractivity contribution is 1.05. The number of aryl methyl sites for hydroxylation is 2. The van der Waals surface area contributed by atoms with Gasteiger partial charge in [-0.15, -0.1) is 5.10 Å². The smallest absolute Gasteiger partial charge is 0.101 e. The van der Waals surface area contributed by atoms with Crippen LogP contribution in [0.2, 0.25) is 0 Å². The topological polar surface area (TPSA) is 25.8 Å². The van der Waals surface area contributed by atoms with E-state index >= 15 is 0 Å². The van der Waals surface area contributed by atoms with Crippen LogP contribution < -0.4 is 0 Å². The highest BCUT2D eigenvalue weighted by molar-refractivity contribution is 5.96. The molecular formula is C22H18N2. The lowest BCUT2D eigenvalue weighted by atomic mass is 9.96. The van der Waals surface area contributed by atoms with Gasteiger partial charge in [-0.2, -0.15) is 5.10 Å². The number of rotatable bonds is 2. The minimum Gasteiger partial charge on any atom is -0.158 e. The van der Waals surface area contributed by atoms with Gasteiger partial charge in [-0.05, 0) is 42.2 Å². The first-order valence-corrected chi connectivity index (χ1v) is 8.11. The molecule has 4 rings (SSSR count). The first-order chi connectivity index (χ1) is 11.7.